The summed E-state index contributed by atoms with van der Waals surface area (Å²) in [7, 11) is 0. The summed E-state index contributed by atoms with van der Waals surface area (Å²) < 4.78 is 0. The average molecular weight is 248 g/mol. The van der Waals surface area contributed by atoms with E-state index in [2.05, 4.69) is 15.7 Å². The molecule has 0 fully saturated rings. The molecule has 2 rings (SSSR count). The Bertz CT molecular complexity index is 511. The standard InChI is InChI=1S/C12H12N2O2S/c1-8(9-3-5-17-7-9)14-10-2-4-13-11(6-10)12(15)16/h2-8H,1H3,(H,13,14)(H,15,16). The average Bonchev–Trinajstić information content (AvgIpc) is 2.82. The monoisotopic (exact) mass is 248 g/mol. The van der Waals surface area contributed by atoms with E-state index in [-0.39, 0.29) is 11.7 Å². The highest BCUT2D eigenvalue weighted by Crippen LogP contribution is 2.21. The highest BCUT2D eigenvalue weighted by atomic mass is 32.1. The summed E-state index contributed by atoms with van der Waals surface area (Å²) in [6.45, 7) is 2.03. The fraction of sp³-hybridized carbons (Fsp3) is 0.167. The van der Waals surface area contributed by atoms with Crippen molar-refractivity contribution in [2.45, 2.75) is 13.0 Å². The van der Waals surface area contributed by atoms with E-state index in [9.17, 15) is 4.79 Å². The van der Waals surface area contributed by atoms with Crippen molar-refractivity contribution < 1.29 is 9.90 Å². The van der Waals surface area contributed by atoms with Crippen LogP contribution in [0.1, 0.15) is 29.0 Å². The van der Waals surface area contributed by atoms with Gasteiger partial charge < -0.3 is 10.4 Å². The number of aromatic nitrogens is 1. The Labute approximate surface area is 103 Å². The molecule has 0 spiro atoms. The summed E-state index contributed by atoms with van der Waals surface area (Å²) in [5.74, 6) is -1.02. The number of aromatic carboxylic acids is 1. The number of hydrogen-bond donors (Lipinski definition) is 2. The van der Waals surface area contributed by atoms with Crippen LogP contribution >= 0.6 is 11.3 Å². The molecule has 0 bridgehead atoms. The van der Waals surface area contributed by atoms with Crippen LogP contribution in [0.2, 0.25) is 0 Å². The molecule has 0 amide bonds. The van der Waals surface area contributed by atoms with Gasteiger partial charge in [0.2, 0.25) is 0 Å². The molecule has 0 saturated heterocycles. The van der Waals surface area contributed by atoms with Crippen molar-refractivity contribution in [3.63, 3.8) is 0 Å². The van der Waals surface area contributed by atoms with E-state index in [1.165, 1.54) is 17.8 Å². The summed E-state index contributed by atoms with van der Waals surface area (Å²) in [6, 6.07) is 5.48. The fourth-order valence-corrected chi connectivity index (χ4v) is 2.25. The van der Waals surface area contributed by atoms with Gasteiger partial charge in [-0.3, -0.25) is 0 Å². The van der Waals surface area contributed by atoms with Crippen LogP contribution in [0.25, 0.3) is 0 Å². The molecule has 0 aliphatic carbocycles. The molecule has 5 heteroatoms. The van der Waals surface area contributed by atoms with Crippen LogP contribution in [0.5, 0.6) is 0 Å². The zero-order chi connectivity index (χ0) is 12.3. The van der Waals surface area contributed by atoms with Gasteiger partial charge in [-0.2, -0.15) is 11.3 Å². The quantitative estimate of drug-likeness (QED) is 0.873. The van der Waals surface area contributed by atoms with Crippen molar-refractivity contribution in [2.24, 2.45) is 0 Å². The van der Waals surface area contributed by atoms with Crippen LogP contribution in [0.4, 0.5) is 5.69 Å². The van der Waals surface area contributed by atoms with E-state index in [0.29, 0.717) is 0 Å². The molecule has 0 aliphatic rings. The predicted octanol–water partition coefficient (Wildman–Crippen LogP) is 3.01. The largest absolute Gasteiger partial charge is 0.477 e. The van der Waals surface area contributed by atoms with E-state index in [1.807, 2.05) is 18.4 Å². The van der Waals surface area contributed by atoms with Crippen molar-refractivity contribution in [2.75, 3.05) is 5.32 Å². The molecular weight excluding hydrogens is 236 g/mol. The summed E-state index contributed by atoms with van der Waals surface area (Å²) in [5, 5.41) is 16.2. The lowest BCUT2D eigenvalue weighted by molar-refractivity contribution is 0.0690. The maximum Gasteiger partial charge on any atom is 0.354 e. The molecule has 88 valence electrons. The highest BCUT2D eigenvalue weighted by molar-refractivity contribution is 7.07. The molecule has 2 aromatic heterocycles. The van der Waals surface area contributed by atoms with E-state index in [1.54, 1.807) is 17.4 Å². The third kappa shape index (κ3) is 2.82. The Hall–Kier alpha value is -1.88. The molecule has 1 unspecified atom stereocenters. The third-order valence-electron chi connectivity index (χ3n) is 2.41. The smallest absolute Gasteiger partial charge is 0.354 e. The van der Waals surface area contributed by atoms with Crippen LogP contribution in [-0.2, 0) is 0 Å². The van der Waals surface area contributed by atoms with E-state index >= 15 is 0 Å². The SMILES string of the molecule is CC(Nc1ccnc(C(=O)O)c1)c1ccsc1. The van der Waals surface area contributed by atoms with Crippen LogP contribution < -0.4 is 5.32 Å². The number of hydrogen-bond acceptors (Lipinski definition) is 4. The van der Waals surface area contributed by atoms with Gasteiger partial charge in [0.25, 0.3) is 0 Å². The van der Waals surface area contributed by atoms with Crippen LogP contribution in [-0.4, -0.2) is 16.1 Å². The molecule has 0 aliphatic heterocycles. The van der Waals surface area contributed by atoms with Gasteiger partial charge in [0.1, 0.15) is 5.69 Å². The van der Waals surface area contributed by atoms with Gasteiger partial charge in [0.15, 0.2) is 0 Å². The molecule has 1 atom stereocenters. The molecule has 2 N–H and O–H groups in total. The van der Waals surface area contributed by atoms with Gasteiger partial charge in [-0.05, 0) is 41.4 Å². The van der Waals surface area contributed by atoms with Gasteiger partial charge in [0.05, 0.1) is 0 Å². The predicted molar refractivity (Wildman–Crippen MR) is 67.6 cm³/mol. The van der Waals surface area contributed by atoms with Gasteiger partial charge >= 0.3 is 5.97 Å². The van der Waals surface area contributed by atoms with Gasteiger partial charge in [-0.1, -0.05) is 0 Å². The zero-order valence-electron chi connectivity index (χ0n) is 9.25. The minimum atomic E-state index is -1.02. The Morgan fingerprint density at radius 1 is 1.53 bits per heavy atom. The van der Waals surface area contributed by atoms with Gasteiger partial charge in [-0.25, -0.2) is 9.78 Å². The summed E-state index contributed by atoms with van der Waals surface area (Å²) in [4.78, 5) is 14.6. The lowest BCUT2D eigenvalue weighted by atomic mass is 10.2. The number of carboxylic acid groups (broad SMARTS) is 1. The first-order valence-corrected chi connectivity index (χ1v) is 6.09. The number of rotatable bonds is 4. The number of carboxylic acids is 1. The second-order valence-corrected chi connectivity index (χ2v) is 4.44. The number of nitrogens with one attached hydrogen (secondary N) is 1. The van der Waals surface area contributed by atoms with E-state index < -0.39 is 5.97 Å². The number of anilines is 1. The number of carbonyl (C=O) groups is 1. The molecule has 0 aromatic carbocycles. The van der Waals surface area contributed by atoms with Crippen molar-refractivity contribution in [1.29, 1.82) is 0 Å². The van der Waals surface area contributed by atoms with E-state index in [4.69, 9.17) is 5.11 Å². The third-order valence-corrected chi connectivity index (χ3v) is 3.11. The van der Waals surface area contributed by atoms with E-state index in [0.717, 1.165) is 5.69 Å². The summed E-state index contributed by atoms with van der Waals surface area (Å²) in [6.07, 6.45) is 1.49. The van der Waals surface area contributed by atoms with Crippen molar-refractivity contribution in [1.82, 2.24) is 4.98 Å². The first-order chi connectivity index (χ1) is 8.16. The maximum atomic E-state index is 10.8. The first-order valence-electron chi connectivity index (χ1n) is 5.15. The topological polar surface area (TPSA) is 62.2 Å². The number of pyridine rings is 1. The Morgan fingerprint density at radius 2 is 2.35 bits per heavy atom. The molecule has 0 radical (unpaired) electrons. The minimum absolute atomic E-state index is 0.0486. The van der Waals surface area contributed by atoms with Crippen LogP contribution in [0, 0.1) is 0 Å². The molecule has 17 heavy (non-hydrogen) atoms. The summed E-state index contributed by atoms with van der Waals surface area (Å²) in [5.41, 5.74) is 1.99. The first kappa shape index (κ1) is 11.6. The second-order valence-electron chi connectivity index (χ2n) is 3.66. The van der Waals surface area contributed by atoms with Crippen molar-refractivity contribution >= 4 is 23.0 Å². The fourth-order valence-electron chi connectivity index (χ4n) is 1.49. The normalized spacial score (nSPS) is 12.1. The molecule has 2 aromatic rings. The van der Waals surface area contributed by atoms with Crippen molar-refractivity contribution in [3.05, 3.63) is 46.4 Å². The Balaban J connectivity index is 2.13. The van der Waals surface area contributed by atoms with Crippen molar-refractivity contribution in [3.8, 4) is 0 Å². The maximum absolute atomic E-state index is 10.8. The lowest BCUT2D eigenvalue weighted by Crippen LogP contribution is -2.07. The van der Waals surface area contributed by atoms with Gasteiger partial charge in [0, 0.05) is 17.9 Å². The van der Waals surface area contributed by atoms with Crippen LogP contribution in [0.3, 0.4) is 0 Å². The second kappa shape index (κ2) is 4.97. The summed E-state index contributed by atoms with van der Waals surface area (Å²) >= 11 is 1.64. The molecule has 4 nitrogen and oxygen atoms in total. The molecular formula is C12H12N2O2S. The lowest BCUT2D eigenvalue weighted by Gasteiger charge is -2.14. The minimum Gasteiger partial charge on any atom is -0.477 e. The van der Waals surface area contributed by atoms with Crippen LogP contribution in [0.15, 0.2) is 35.2 Å². The number of nitrogens with zero attached hydrogens (tertiary/aromatic N) is 1. The molecule has 2 heterocycles. The Morgan fingerprint density at radius 3 is 3.00 bits per heavy atom. The molecule has 0 saturated carbocycles. The Kier molecular flexibility index (Phi) is 3.39. The zero-order valence-corrected chi connectivity index (χ0v) is 10.1. The van der Waals surface area contributed by atoms with Gasteiger partial charge in [-0.15, -0.1) is 0 Å². The highest BCUT2D eigenvalue weighted by Gasteiger charge is 2.08. The number of thiophene rings is 1.